The van der Waals surface area contributed by atoms with Crippen molar-refractivity contribution >= 4 is 17.4 Å². The standard InChI is InChI=1S/C8H10ClFN2/c1-3-5-6(9)4-12-8(11-2)7(5)10/h4H,3H2,1-2H3,(H,11,12). The van der Waals surface area contributed by atoms with Gasteiger partial charge < -0.3 is 5.32 Å². The second kappa shape index (κ2) is 3.72. The summed E-state index contributed by atoms with van der Waals surface area (Å²) in [5.74, 6) is -0.108. The molecule has 0 aliphatic rings. The third kappa shape index (κ3) is 1.50. The number of halogens is 2. The molecule has 12 heavy (non-hydrogen) atoms. The Morgan fingerprint density at radius 1 is 1.67 bits per heavy atom. The highest BCUT2D eigenvalue weighted by atomic mass is 35.5. The van der Waals surface area contributed by atoms with Crippen molar-refractivity contribution in [2.24, 2.45) is 0 Å². The van der Waals surface area contributed by atoms with Crippen molar-refractivity contribution in [1.82, 2.24) is 4.98 Å². The Balaban J connectivity index is 3.24. The topological polar surface area (TPSA) is 24.9 Å². The number of aromatic nitrogens is 1. The van der Waals surface area contributed by atoms with Gasteiger partial charge in [0.25, 0.3) is 0 Å². The van der Waals surface area contributed by atoms with Crippen LogP contribution in [-0.2, 0) is 6.42 Å². The molecule has 0 aliphatic heterocycles. The minimum atomic E-state index is -0.354. The lowest BCUT2D eigenvalue weighted by Crippen LogP contribution is -2.00. The largest absolute Gasteiger partial charge is 0.371 e. The molecular formula is C8H10ClFN2. The summed E-state index contributed by atoms with van der Waals surface area (Å²) in [7, 11) is 1.62. The van der Waals surface area contributed by atoms with Crippen molar-refractivity contribution in [3.63, 3.8) is 0 Å². The molecule has 0 spiro atoms. The molecule has 1 rings (SSSR count). The van der Waals surface area contributed by atoms with Gasteiger partial charge in [-0.3, -0.25) is 0 Å². The van der Waals surface area contributed by atoms with E-state index in [9.17, 15) is 4.39 Å². The first-order valence-corrected chi connectivity index (χ1v) is 4.09. The fourth-order valence-corrected chi connectivity index (χ4v) is 1.27. The molecule has 1 aromatic rings. The van der Waals surface area contributed by atoms with Crippen LogP contribution in [0.1, 0.15) is 12.5 Å². The van der Waals surface area contributed by atoms with Gasteiger partial charge in [-0.2, -0.15) is 0 Å². The van der Waals surface area contributed by atoms with Crippen LogP contribution in [0.15, 0.2) is 6.20 Å². The monoisotopic (exact) mass is 188 g/mol. The van der Waals surface area contributed by atoms with Crippen molar-refractivity contribution in [3.05, 3.63) is 22.6 Å². The molecule has 0 atom stereocenters. The second-order valence-electron chi connectivity index (χ2n) is 2.35. The van der Waals surface area contributed by atoms with Gasteiger partial charge in [0.15, 0.2) is 11.6 Å². The highest BCUT2D eigenvalue weighted by Gasteiger charge is 2.10. The minimum Gasteiger partial charge on any atom is -0.371 e. The maximum absolute atomic E-state index is 13.3. The number of nitrogens with one attached hydrogen (secondary N) is 1. The lowest BCUT2D eigenvalue weighted by atomic mass is 10.2. The normalized spacial score (nSPS) is 10.0. The molecule has 0 fully saturated rings. The number of hydrogen-bond donors (Lipinski definition) is 1. The molecule has 0 aliphatic carbocycles. The Hall–Kier alpha value is -0.830. The van der Waals surface area contributed by atoms with Crippen molar-refractivity contribution in [2.75, 3.05) is 12.4 Å². The van der Waals surface area contributed by atoms with Crippen molar-refractivity contribution in [2.45, 2.75) is 13.3 Å². The van der Waals surface area contributed by atoms with Gasteiger partial charge in [-0.15, -0.1) is 0 Å². The molecule has 0 radical (unpaired) electrons. The van der Waals surface area contributed by atoms with Gasteiger partial charge in [-0.05, 0) is 6.42 Å². The van der Waals surface area contributed by atoms with Crippen LogP contribution in [0.25, 0.3) is 0 Å². The molecular weight excluding hydrogens is 179 g/mol. The summed E-state index contributed by atoms with van der Waals surface area (Å²) in [6, 6.07) is 0. The summed E-state index contributed by atoms with van der Waals surface area (Å²) < 4.78 is 13.3. The van der Waals surface area contributed by atoms with Gasteiger partial charge in [0.2, 0.25) is 0 Å². The number of pyridine rings is 1. The van der Waals surface area contributed by atoms with Gasteiger partial charge >= 0.3 is 0 Å². The average Bonchev–Trinajstić information content (AvgIpc) is 2.06. The first kappa shape index (κ1) is 9.26. The summed E-state index contributed by atoms with van der Waals surface area (Å²) in [6.07, 6.45) is 2.02. The van der Waals surface area contributed by atoms with E-state index in [2.05, 4.69) is 10.3 Å². The Labute approximate surface area is 75.8 Å². The van der Waals surface area contributed by atoms with E-state index in [1.807, 2.05) is 6.92 Å². The van der Waals surface area contributed by atoms with Crippen LogP contribution >= 0.6 is 11.6 Å². The Kier molecular flexibility index (Phi) is 2.87. The number of nitrogens with zero attached hydrogens (tertiary/aromatic N) is 1. The molecule has 1 heterocycles. The quantitative estimate of drug-likeness (QED) is 0.772. The van der Waals surface area contributed by atoms with Gasteiger partial charge in [0, 0.05) is 18.8 Å². The Morgan fingerprint density at radius 3 is 2.83 bits per heavy atom. The maximum Gasteiger partial charge on any atom is 0.170 e. The highest BCUT2D eigenvalue weighted by molar-refractivity contribution is 6.31. The number of hydrogen-bond acceptors (Lipinski definition) is 2. The van der Waals surface area contributed by atoms with Crippen molar-refractivity contribution < 1.29 is 4.39 Å². The van der Waals surface area contributed by atoms with E-state index in [1.165, 1.54) is 6.20 Å². The fraction of sp³-hybridized carbons (Fsp3) is 0.375. The first-order valence-electron chi connectivity index (χ1n) is 3.71. The number of anilines is 1. The van der Waals surface area contributed by atoms with Crippen LogP contribution in [0, 0.1) is 5.82 Å². The second-order valence-corrected chi connectivity index (χ2v) is 2.76. The summed E-state index contributed by atoms with van der Waals surface area (Å²) in [6.45, 7) is 1.85. The SMILES string of the molecule is CCc1c(Cl)cnc(NC)c1F. The maximum atomic E-state index is 13.3. The van der Waals surface area contributed by atoms with E-state index in [0.29, 0.717) is 17.0 Å². The minimum absolute atomic E-state index is 0.247. The first-order chi connectivity index (χ1) is 5.70. The van der Waals surface area contributed by atoms with Gasteiger partial charge in [0.05, 0.1) is 5.02 Å². The molecule has 0 aromatic carbocycles. The van der Waals surface area contributed by atoms with Crippen LogP contribution in [0.4, 0.5) is 10.2 Å². The molecule has 66 valence electrons. The molecule has 1 aromatic heterocycles. The van der Waals surface area contributed by atoms with E-state index in [0.717, 1.165) is 0 Å². The smallest absolute Gasteiger partial charge is 0.170 e. The van der Waals surface area contributed by atoms with Crippen LogP contribution in [-0.4, -0.2) is 12.0 Å². The summed E-state index contributed by atoms with van der Waals surface area (Å²) >= 11 is 5.73. The zero-order chi connectivity index (χ0) is 9.14. The van der Waals surface area contributed by atoms with Gasteiger partial charge in [-0.1, -0.05) is 18.5 Å². The van der Waals surface area contributed by atoms with Gasteiger partial charge in [-0.25, -0.2) is 9.37 Å². The molecule has 1 N–H and O–H groups in total. The third-order valence-corrected chi connectivity index (χ3v) is 1.98. The van der Waals surface area contributed by atoms with Crippen LogP contribution in [0.5, 0.6) is 0 Å². The van der Waals surface area contributed by atoms with E-state index in [-0.39, 0.29) is 11.6 Å². The van der Waals surface area contributed by atoms with E-state index >= 15 is 0 Å². The van der Waals surface area contributed by atoms with E-state index in [1.54, 1.807) is 7.05 Å². The van der Waals surface area contributed by atoms with Crippen molar-refractivity contribution in [3.8, 4) is 0 Å². The molecule has 0 unspecified atom stereocenters. The molecule has 4 heteroatoms. The lowest BCUT2D eigenvalue weighted by Gasteiger charge is -2.06. The summed E-state index contributed by atoms with van der Waals surface area (Å²) in [5.41, 5.74) is 0.510. The summed E-state index contributed by atoms with van der Waals surface area (Å²) in [4.78, 5) is 3.79. The fourth-order valence-electron chi connectivity index (χ4n) is 1.00. The van der Waals surface area contributed by atoms with Crippen LogP contribution < -0.4 is 5.32 Å². The molecule has 0 bridgehead atoms. The molecule has 0 saturated heterocycles. The molecule has 2 nitrogen and oxygen atoms in total. The predicted octanol–water partition coefficient (Wildman–Crippen LogP) is 2.48. The average molecular weight is 189 g/mol. The zero-order valence-electron chi connectivity index (χ0n) is 6.99. The third-order valence-electron chi connectivity index (χ3n) is 1.66. The van der Waals surface area contributed by atoms with Crippen LogP contribution in [0.2, 0.25) is 5.02 Å². The summed E-state index contributed by atoms with van der Waals surface area (Å²) in [5, 5.41) is 3.04. The Morgan fingerprint density at radius 2 is 2.33 bits per heavy atom. The molecule has 0 saturated carbocycles. The van der Waals surface area contributed by atoms with E-state index in [4.69, 9.17) is 11.6 Å². The zero-order valence-corrected chi connectivity index (χ0v) is 7.74. The highest BCUT2D eigenvalue weighted by Crippen LogP contribution is 2.22. The van der Waals surface area contributed by atoms with Crippen LogP contribution in [0.3, 0.4) is 0 Å². The van der Waals surface area contributed by atoms with Crippen molar-refractivity contribution in [1.29, 1.82) is 0 Å². The molecule has 0 amide bonds. The van der Waals surface area contributed by atoms with Gasteiger partial charge in [0.1, 0.15) is 0 Å². The number of rotatable bonds is 2. The predicted molar refractivity (Wildman–Crippen MR) is 48.1 cm³/mol. The Bertz CT molecular complexity index is 289. The van der Waals surface area contributed by atoms with E-state index < -0.39 is 0 Å². The lowest BCUT2D eigenvalue weighted by molar-refractivity contribution is 0.610.